The molecule has 0 aromatic heterocycles. The van der Waals surface area contributed by atoms with Crippen LogP contribution in [0.2, 0.25) is 0 Å². The van der Waals surface area contributed by atoms with Gasteiger partial charge in [-0.25, -0.2) is 9.59 Å². The Morgan fingerprint density at radius 1 is 0.762 bits per heavy atom. The minimum atomic E-state index is -1.26. The zero-order valence-electron chi connectivity index (χ0n) is 23.0. The second kappa shape index (κ2) is 11.5. The molecule has 0 aliphatic heterocycles. The lowest BCUT2D eigenvalue weighted by molar-refractivity contribution is 0.0695. The number of halogens is 2. The summed E-state index contributed by atoms with van der Waals surface area (Å²) in [5.74, 6) is -3.52. The molecule has 0 heterocycles. The molecule has 5 N–H and O–H groups in total. The van der Waals surface area contributed by atoms with Gasteiger partial charge in [-0.05, 0) is 70.2 Å². The summed E-state index contributed by atoms with van der Waals surface area (Å²) in [5.41, 5.74) is 6.89. The van der Waals surface area contributed by atoms with E-state index in [9.17, 15) is 29.4 Å². The van der Waals surface area contributed by atoms with Crippen molar-refractivity contribution in [3.63, 3.8) is 0 Å². The van der Waals surface area contributed by atoms with Gasteiger partial charge < -0.3 is 21.3 Å². The molecular weight excluding hydrogens is 668 g/mol. The van der Waals surface area contributed by atoms with Crippen molar-refractivity contribution in [3.05, 3.63) is 67.1 Å². The lowest BCUT2D eigenvalue weighted by atomic mass is 9.82. The second-order valence-electron chi connectivity index (χ2n) is 10.3. The van der Waals surface area contributed by atoms with Crippen LogP contribution in [-0.2, 0) is 6.42 Å². The molecule has 0 aliphatic carbocycles. The number of carboxylic acids is 2. The van der Waals surface area contributed by atoms with Gasteiger partial charge in [-0.1, -0.05) is 54.2 Å². The van der Waals surface area contributed by atoms with Crippen LogP contribution < -0.4 is 11.1 Å². The highest BCUT2D eigenvalue weighted by atomic mass is 79.9. The molecule has 0 spiro atoms. The Labute approximate surface area is 257 Å². The van der Waals surface area contributed by atoms with Crippen LogP contribution in [0.25, 0.3) is 43.1 Å². The normalized spacial score (nSPS) is 11.6. The van der Waals surface area contributed by atoms with E-state index >= 15 is 0 Å². The van der Waals surface area contributed by atoms with Crippen molar-refractivity contribution in [2.45, 2.75) is 46.0 Å². The number of nitrogens with two attached hydrogens (primary N) is 1. The fraction of sp³-hybridized carbons (Fsp3) is 0.250. The number of carbonyl (C=O) groups is 4. The summed E-state index contributed by atoms with van der Waals surface area (Å²) in [4.78, 5) is 51.3. The van der Waals surface area contributed by atoms with Crippen LogP contribution >= 0.6 is 31.9 Å². The molecule has 10 heteroatoms. The monoisotopic (exact) mass is 694 g/mol. The van der Waals surface area contributed by atoms with Gasteiger partial charge in [0.2, 0.25) is 5.91 Å². The molecule has 0 saturated carbocycles. The number of hydrogen-bond donors (Lipinski definition) is 4. The van der Waals surface area contributed by atoms with E-state index in [4.69, 9.17) is 5.73 Å². The highest BCUT2D eigenvalue weighted by molar-refractivity contribution is 9.11. The quantitative estimate of drug-likeness (QED) is 0.0671. The summed E-state index contributed by atoms with van der Waals surface area (Å²) < 4.78 is 1.08. The first-order valence-electron chi connectivity index (χ1n) is 13.7. The van der Waals surface area contributed by atoms with E-state index in [0.29, 0.717) is 70.7 Å². The number of benzene rings is 5. The Kier molecular flexibility index (Phi) is 8.13. The van der Waals surface area contributed by atoms with Crippen LogP contribution in [0.3, 0.4) is 0 Å². The minimum absolute atomic E-state index is 0.104. The van der Waals surface area contributed by atoms with E-state index in [0.717, 1.165) is 25.7 Å². The van der Waals surface area contributed by atoms with Crippen LogP contribution in [0.15, 0.2) is 39.3 Å². The Morgan fingerprint density at radius 3 is 1.98 bits per heavy atom. The summed E-state index contributed by atoms with van der Waals surface area (Å²) in [6, 6.07) is 7.77. The van der Waals surface area contributed by atoms with Crippen molar-refractivity contribution < 1.29 is 29.4 Å². The van der Waals surface area contributed by atoms with E-state index in [2.05, 4.69) is 44.1 Å². The van der Waals surface area contributed by atoms with E-state index in [-0.39, 0.29) is 28.0 Å². The van der Waals surface area contributed by atoms with E-state index < -0.39 is 17.8 Å². The maximum Gasteiger partial charge on any atom is 0.336 e. The van der Waals surface area contributed by atoms with Gasteiger partial charge in [0.1, 0.15) is 0 Å². The molecule has 0 bridgehead atoms. The Balaban J connectivity index is 2.12. The summed E-state index contributed by atoms with van der Waals surface area (Å²) in [7, 11) is 0. The van der Waals surface area contributed by atoms with Crippen LogP contribution in [-0.4, -0.2) is 40.5 Å². The lowest BCUT2D eigenvalue weighted by Gasteiger charge is -2.24. The van der Waals surface area contributed by atoms with Gasteiger partial charge in [0, 0.05) is 53.4 Å². The number of hydrogen-bond acceptors (Lipinski definition) is 4. The van der Waals surface area contributed by atoms with Crippen molar-refractivity contribution >= 4 is 98.7 Å². The largest absolute Gasteiger partial charge is 0.478 e. The van der Waals surface area contributed by atoms with Gasteiger partial charge in [0.05, 0.1) is 16.7 Å². The molecule has 2 amide bonds. The third-order valence-electron chi connectivity index (χ3n) is 7.84. The van der Waals surface area contributed by atoms with Crippen LogP contribution in [0, 0.1) is 0 Å². The molecule has 8 nitrogen and oxygen atoms in total. The predicted molar refractivity (Wildman–Crippen MR) is 171 cm³/mol. The molecular formula is C32H28Br2N2O6. The van der Waals surface area contributed by atoms with Gasteiger partial charge in [-0.2, -0.15) is 0 Å². The molecule has 42 heavy (non-hydrogen) atoms. The van der Waals surface area contributed by atoms with Gasteiger partial charge >= 0.3 is 11.9 Å². The average molecular weight is 696 g/mol. The first-order chi connectivity index (χ1) is 20.0. The molecule has 216 valence electrons. The maximum atomic E-state index is 13.7. The van der Waals surface area contributed by atoms with Gasteiger partial charge in [0.15, 0.2) is 0 Å². The zero-order valence-corrected chi connectivity index (χ0v) is 26.2. The number of unbranched alkanes of at least 4 members (excludes halogenated alkanes) is 3. The number of primary amides is 1. The first-order valence-corrected chi connectivity index (χ1v) is 15.3. The SMILES string of the molecule is CCCCCCc1c(C(=O)NCC)c2c(C(N)=O)ccc3c4c(Br)cc(C(=O)O)c5c(C(=O)O)ccc(c(c1Br)c23)c54. The second-order valence-corrected chi connectivity index (χ2v) is 11.9. The molecule has 0 atom stereocenters. The van der Waals surface area contributed by atoms with Crippen molar-refractivity contribution in [2.75, 3.05) is 6.54 Å². The van der Waals surface area contributed by atoms with Crippen molar-refractivity contribution in [1.82, 2.24) is 5.32 Å². The minimum Gasteiger partial charge on any atom is -0.478 e. The lowest BCUT2D eigenvalue weighted by Crippen LogP contribution is -2.25. The molecule has 5 aromatic rings. The molecule has 0 fully saturated rings. The van der Waals surface area contributed by atoms with Gasteiger partial charge in [-0.15, -0.1) is 0 Å². The third kappa shape index (κ3) is 4.57. The Morgan fingerprint density at radius 2 is 1.38 bits per heavy atom. The molecule has 0 unspecified atom stereocenters. The number of fused-ring (bicyclic) bond motifs is 2. The highest BCUT2D eigenvalue weighted by Gasteiger charge is 2.30. The smallest absolute Gasteiger partial charge is 0.336 e. The van der Waals surface area contributed by atoms with Crippen molar-refractivity contribution in [1.29, 1.82) is 0 Å². The summed E-state index contributed by atoms with van der Waals surface area (Å²) in [5, 5.41) is 27.1. The summed E-state index contributed by atoms with van der Waals surface area (Å²) in [6.07, 6.45) is 4.35. The number of carbonyl (C=O) groups excluding carboxylic acids is 2. The number of nitrogens with one attached hydrogen (secondary N) is 1. The number of rotatable bonds is 10. The third-order valence-corrected chi connectivity index (χ3v) is 9.34. The molecule has 0 aliphatic rings. The maximum absolute atomic E-state index is 13.7. The molecule has 0 saturated heterocycles. The van der Waals surface area contributed by atoms with E-state index in [1.54, 1.807) is 18.2 Å². The van der Waals surface area contributed by atoms with Crippen LogP contribution in [0.4, 0.5) is 0 Å². The number of carboxylic acid groups (broad SMARTS) is 2. The molecule has 0 radical (unpaired) electrons. The Bertz CT molecular complexity index is 1970. The van der Waals surface area contributed by atoms with Crippen LogP contribution in [0.1, 0.15) is 86.5 Å². The van der Waals surface area contributed by atoms with Gasteiger partial charge in [0.25, 0.3) is 5.91 Å². The fourth-order valence-electron chi connectivity index (χ4n) is 6.12. The topological polar surface area (TPSA) is 147 Å². The number of amides is 2. The molecule has 5 rings (SSSR count). The predicted octanol–water partition coefficient (Wildman–Crippen LogP) is 7.63. The average Bonchev–Trinajstić information content (AvgIpc) is 2.94. The fourth-order valence-corrected chi connectivity index (χ4v) is 7.57. The highest BCUT2D eigenvalue weighted by Crippen LogP contribution is 2.50. The zero-order chi connectivity index (χ0) is 30.5. The van der Waals surface area contributed by atoms with Crippen LogP contribution in [0.5, 0.6) is 0 Å². The Hall–Kier alpha value is -3.76. The first kappa shape index (κ1) is 29.7. The van der Waals surface area contributed by atoms with Crippen molar-refractivity contribution in [3.8, 4) is 0 Å². The van der Waals surface area contributed by atoms with Crippen molar-refractivity contribution in [2.24, 2.45) is 5.73 Å². The van der Waals surface area contributed by atoms with Gasteiger partial charge in [-0.3, -0.25) is 9.59 Å². The summed E-state index contributed by atoms with van der Waals surface area (Å²) in [6.45, 7) is 4.32. The summed E-state index contributed by atoms with van der Waals surface area (Å²) >= 11 is 7.37. The van der Waals surface area contributed by atoms with E-state index in [1.165, 1.54) is 12.1 Å². The molecule has 5 aromatic carbocycles. The number of aromatic carboxylic acids is 2. The van der Waals surface area contributed by atoms with E-state index in [1.807, 2.05) is 6.92 Å². The standard InChI is InChI=1S/C32H28Br2N2O6/c1-3-5-6-7-8-16-27(30(38)36-4-2)25-17(29(35)37)11-9-14-22-20(33)13-19(32(41)42)21-18(31(39)40)12-10-15(23(21)22)26(24(14)25)28(16)34/h9-13H,3-8H2,1-2H3,(H2,35,37)(H,36,38)(H,39,40)(H,41,42).